The summed E-state index contributed by atoms with van der Waals surface area (Å²) in [6.07, 6.45) is 1.87. The smallest absolute Gasteiger partial charge is 0.243 e. The molecule has 0 aliphatic carbocycles. The lowest BCUT2D eigenvalue weighted by molar-refractivity contribution is -0.126. The van der Waals surface area contributed by atoms with Gasteiger partial charge in [0.05, 0.1) is 16.6 Å². The Hall–Kier alpha value is -1.49. The van der Waals surface area contributed by atoms with Gasteiger partial charge in [-0.2, -0.15) is 4.31 Å². The Labute approximate surface area is 180 Å². The lowest BCUT2D eigenvalue weighted by atomic mass is 9.99. The lowest BCUT2D eigenvalue weighted by Gasteiger charge is -2.31. The van der Waals surface area contributed by atoms with E-state index < -0.39 is 20.0 Å². The number of carbonyl (C=O) groups is 1. The van der Waals surface area contributed by atoms with Crippen LogP contribution in [0.15, 0.2) is 29.2 Å². The normalized spacial score (nSPS) is 18.7. The Morgan fingerprint density at radius 2 is 1.83 bits per heavy atom. The topological polar surface area (TPSA) is 104 Å². The molecule has 30 heavy (non-hydrogen) atoms. The van der Waals surface area contributed by atoms with E-state index in [0.717, 1.165) is 5.56 Å². The van der Waals surface area contributed by atoms with Crippen LogP contribution in [0.5, 0.6) is 0 Å². The molecule has 1 amide bonds. The first kappa shape index (κ1) is 24.8. The van der Waals surface area contributed by atoms with Gasteiger partial charge in [-0.05, 0) is 50.8 Å². The Morgan fingerprint density at radius 1 is 1.20 bits per heavy atom. The summed E-state index contributed by atoms with van der Waals surface area (Å²) in [4.78, 5) is 12.8. The molecule has 1 atom stereocenters. The van der Waals surface area contributed by atoms with Crippen LogP contribution in [0.4, 0.5) is 0 Å². The summed E-state index contributed by atoms with van der Waals surface area (Å²) in [6, 6.07) is 6.29. The van der Waals surface area contributed by atoms with E-state index in [4.69, 9.17) is 0 Å². The van der Waals surface area contributed by atoms with Crippen LogP contribution in [-0.2, 0) is 31.4 Å². The number of rotatable bonds is 9. The van der Waals surface area contributed by atoms with Gasteiger partial charge in [-0.1, -0.05) is 19.1 Å². The second-order valence-corrected chi connectivity index (χ2v) is 12.1. The molecule has 0 aromatic heterocycles. The summed E-state index contributed by atoms with van der Waals surface area (Å²) < 4.78 is 52.3. The molecule has 0 bridgehead atoms. The zero-order valence-corrected chi connectivity index (χ0v) is 19.8. The van der Waals surface area contributed by atoms with Gasteiger partial charge in [0.15, 0.2) is 0 Å². The summed E-state index contributed by atoms with van der Waals surface area (Å²) in [5.41, 5.74) is 0.778. The third kappa shape index (κ3) is 6.03. The molecular weight excluding hydrogens is 426 g/mol. The zero-order valence-electron chi connectivity index (χ0n) is 18.2. The van der Waals surface area contributed by atoms with Gasteiger partial charge in [0.1, 0.15) is 0 Å². The molecule has 1 fully saturated rings. The van der Waals surface area contributed by atoms with Crippen molar-refractivity contribution in [3.63, 3.8) is 0 Å². The third-order valence-corrected chi connectivity index (χ3v) is 9.50. The minimum atomic E-state index is -3.54. The van der Waals surface area contributed by atoms with E-state index in [-0.39, 0.29) is 41.6 Å². The number of amides is 1. The summed E-state index contributed by atoms with van der Waals surface area (Å²) in [7, 11) is -5.31. The molecule has 0 radical (unpaired) electrons. The van der Waals surface area contributed by atoms with Gasteiger partial charge in [-0.25, -0.2) is 21.1 Å². The molecule has 1 aliphatic rings. The predicted octanol–water partition coefficient (Wildman–Crippen LogP) is 1.78. The Bertz CT molecular complexity index is 928. The summed E-state index contributed by atoms with van der Waals surface area (Å²) in [5.74, 6) is -0.449. The van der Waals surface area contributed by atoms with Crippen LogP contribution < -0.4 is 5.32 Å². The van der Waals surface area contributed by atoms with Crippen molar-refractivity contribution in [1.29, 1.82) is 0 Å². The largest absolute Gasteiger partial charge is 0.352 e. The van der Waals surface area contributed by atoms with Crippen molar-refractivity contribution in [2.45, 2.75) is 57.5 Å². The molecule has 0 spiro atoms. The van der Waals surface area contributed by atoms with E-state index in [0.29, 0.717) is 25.8 Å². The summed E-state index contributed by atoms with van der Waals surface area (Å²) in [6.45, 7) is 6.38. The second-order valence-electron chi connectivity index (χ2n) is 7.99. The van der Waals surface area contributed by atoms with Crippen LogP contribution in [-0.4, -0.2) is 63.3 Å². The Balaban J connectivity index is 1.96. The Kier molecular flexibility index (Phi) is 8.43. The van der Waals surface area contributed by atoms with Gasteiger partial charge in [0.2, 0.25) is 26.0 Å². The highest BCUT2D eigenvalue weighted by Crippen LogP contribution is 2.21. The maximum Gasteiger partial charge on any atom is 0.243 e. The molecule has 8 nitrogen and oxygen atoms in total. The van der Waals surface area contributed by atoms with Crippen LogP contribution in [0, 0.1) is 5.92 Å². The van der Waals surface area contributed by atoms with E-state index in [1.165, 1.54) is 20.7 Å². The number of nitrogens with zero attached hydrogens (tertiary/aromatic N) is 2. The van der Waals surface area contributed by atoms with E-state index in [9.17, 15) is 21.6 Å². The van der Waals surface area contributed by atoms with Crippen LogP contribution in [0.25, 0.3) is 0 Å². The van der Waals surface area contributed by atoms with Gasteiger partial charge >= 0.3 is 0 Å². The standard InChI is InChI=1S/C20H33N3O5S2/c1-5-13-29(25,26)23-12-6-7-18(15-23)20(24)21-14-17-8-10-19(11-9-17)30(27,28)22(4)16(2)3/h8-11,16,18H,5-7,12-15H2,1-4H3,(H,21,24). The average molecular weight is 460 g/mol. The van der Waals surface area contributed by atoms with Crippen molar-refractivity contribution in [2.75, 3.05) is 25.9 Å². The maximum atomic E-state index is 12.6. The monoisotopic (exact) mass is 459 g/mol. The molecule has 1 unspecified atom stereocenters. The van der Waals surface area contributed by atoms with E-state index in [1.54, 1.807) is 33.0 Å². The molecule has 0 saturated carbocycles. The van der Waals surface area contributed by atoms with E-state index >= 15 is 0 Å². The number of carbonyl (C=O) groups excluding carboxylic acids is 1. The first-order valence-corrected chi connectivity index (χ1v) is 13.4. The first-order valence-electron chi connectivity index (χ1n) is 10.3. The third-order valence-electron chi connectivity index (χ3n) is 5.40. The number of benzene rings is 1. The van der Waals surface area contributed by atoms with Crippen LogP contribution in [0.3, 0.4) is 0 Å². The van der Waals surface area contributed by atoms with Crippen LogP contribution >= 0.6 is 0 Å². The van der Waals surface area contributed by atoms with Crippen molar-refractivity contribution in [1.82, 2.24) is 13.9 Å². The van der Waals surface area contributed by atoms with Gasteiger partial charge in [0, 0.05) is 32.7 Å². The number of sulfonamides is 2. The zero-order chi connectivity index (χ0) is 22.5. The number of piperidine rings is 1. The fraction of sp³-hybridized carbons (Fsp3) is 0.650. The molecule has 10 heteroatoms. The van der Waals surface area contributed by atoms with Gasteiger partial charge in [-0.3, -0.25) is 4.79 Å². The van der Waals surface area contributed by atoms with Crippen molar-refractivity contribution < 1.29 is 21.6 Å². The Morgan fingerprint density at radius 3 is 2.40 bits per heavy atom. The minimum Gasteiger partial charge on any atom is -0.352 e. The highest BCUT2D eigenvalue weighted by Gasteiger charge is 2.31. The lowest BCUT2D eigenvalue weighted by Crippen LogP contribution is -2.45. The number of nitrogens with one attached hydrogen (secondary N) is 1. The first-order chi connectivity index (χ1) is 14.0. The average Bonchev–Trinajstić information content (AvgIpc) is 2.71. The molecule has 170 valence electrons. The van der Waals surface area contributed by atoms with Gasteiger partial charge in [0.25, 0.3) is 0 Å². The molecule has 2 rings (SSSR count). The molecule has 1 aliphatic heterocycles. The van der Waals surface area contributed by atoms with E-state index in [2.05, 4.69) is 5.32 Å². The van der Waals surface area contributed by atoms with Crippen molar-refractivity contribution in [2.24, 2.45) is 5.92 Å². The van der Waals surface area contributed by atoms with Crippen molar-refractivity contribution in [3.05, 3.63) is 29.8 Å². The van der Waals surface area contributed by atoms with Gasteiger partial charge < -0.3 is 5.32 Å². The minimum absolute atomic E-state index is 0.0998. The van der Waals surface area contributed by atoms with Crippen molar-refractivity contribution in [3.8, 4) is 0 Å². The second kappa shape index (κ2) is 10.2. The highest BCUT2D eigenvalue weighted by molar-refractivity contribution is 7.89. The molecular formula is C20H33N3O5S2. The molecule has 1 aromatic rings. The maximum absolute atomic E-state index is 12.6. The van der Waals surface area contributed by atoms with E-state index in [1.807, 2.05) is 6.92 Å². The van der Waals surface area contributed by atoms with Gasteiger partial charge in [-0.15, -0.1) is 0 Å². The van der Waals surface area contributed by atoms with Crippen LogP contribution in [0.2, 0.25) is 0 Å². The fourth-order valence-corrected chi connectivity index (χ4v) is 6.31. The van der Waals surface area contributed by atoms with Crippen molar-refractivity contribution >= 4 is 26.0 Å². The molecule has 1 N–H and O–H groups in total. The SMILES string of the molecule is CCCS(=O)(=O)N1CCCC(C(=O)NCc2ccc(S(=O)(=O)N(C)C(C)C)cc2)C1. The highest BCUT2D eigenvalue weighted by atomic mass is 32.2. The predicted molar refractivity (Wildman–Crippen MR) is 117 cm³/mol. The summed E-state index contributed by atoms with van der Waals surface area (Å²) >= 11 is 0. The molecule has 1 heterocycles. The number of hydrogen-bond donors (Lipinski definition) is 1. The number of hydrogen-bond acceptors (Lipinski definition) is 5. The van der Waals surface area contributed by atoms with Crippen LogP contribution in [0.1, 0.15) is 45.6 Å². The quantitative estimate of drug-likeness (QED) is 0.606. The fourth-order valence-electron chi connectivity index (χ4n) is 3.35. The molecule has 1 aromatic carbocycles. The summed E-state index contributed by atoms with van der Waals surface area (Å²) in [5, 5.41) is 2.85. The molecule has 1 saturated heterocycles.